The van der Waals surface area contributed by atoms with Crippen LogP contribution in [0.4, 0.5) is 0 Å². The molecule has 3 rings (SSSR count). The van der Waals surface area contributed by atoms with Gasteiger partial charge in [0.15, 0.2) is 0 Å². The third-order valence-corrected chi connectivity index (χ3v) is 4.50. The van der Waals surface area contributed by atoms with Crippen molar-refractivity contribution in [1.82, 2.24) is 19.6 Å². The number of hydrogen-bond donors (Lipinski definition) is 0. The van der Waals surface area contributed by atoms with E-state index in [1.54, 1.807) is 6.26 Å². The Morgan fingerprint density at radius 2 is 2.32 bits per heavy atom. The third kappa shape index (κ3) is 3.78. The Kier molecular flexibility index (Phi) is 4.95. The summed E-state index contributed by atoms with van der Waals surface area (Å²) in [5.41, 5.74) is 1.26. The maximum absolute atomic E-state index is 5.55. The van der Waals surface area contributed by atoms with Crippen LogP contribution in [0, 0.1) is 0 Å². The van der Waals surface area contributed by atoms with Crippen molar-refractivity contribution in [2.45, 2.75) is 38.9 Å². The molecule has 0 aliphatic carbocycles. The van der Waals surface area contributed by atoms with Gasteiger partial charge in [0.25, 0.3) is 0 Å². The molecule has 0 spiro atoms. The van der Waals surface area contributed by atoms with Crippen LogP contribution in [-0.4, -0.2) is 45.3 Å². The van der Waals surface area contributed by atoms with E-state index in [0.29, 0.717) is 6.04 Å². The minimum Gasteiger partial charge on any atom is -0.468 e. The molecule has 22 heavy (non-hydrogen) atoms. The van der Waals surface area contributed by atoms with Crippen molar-refractivity contribution < 1.29 is 4.42 Å². The summed E-state index contributed by atoms with van der Waals surface area (Å²) in [5, 5.41) is 4.29. The van der Waals surface area contributed by atoms with Gasteiger partial charge in [-0.2, -0.15) is 5.10 Å². The van der Waals surface area contributed by atoms with E-state index in [-0.39, 0.29) is 0 Å². The monoisotopic (exact) mass is 302 g/mol. The molecular formula is C17H26N4O. The lowest BCUT2D eigenvalue weighted by Crippen LogP contribution is -2.39. The number of hydrogen-bond acceptors (Lipinski definition) is 4. The van der Waals surface area contributed by atoms with E-state index in [9.17, 15) is 0 Å². The zero-order valence-electron chi connectivity index (χ0n) is 13.6. The zero-order chi connectivity index (χ0) is 15.4. The second kappa shape index (κ2) is 7.11. The molecule has 0 radical (unpaired) electrons. The fourth-order valence-corrected chi connectivity index (χ4v) is 3.44. The maximum atomic E-state index is 5.55. The van der Waals surface area contributed by atoms with E-state index < -0.39 is 0 Å². The van der Waals surface area contributed by atoms with Crippen LogP contribution in [0.3, 0.4) is 0 Å². The highest BCUT2D eigenvalue weighted by atomic mass is 16.3. The Hall–Kier alpha value is -1.59. The molecule has 0 saturated carbocycles. The molecule has 2 aromatic rings. The van der Waals surface area contributed by atoms with Crippen molar-refractivity contribution in [2.75, 3.05) is 19.6 Å². The molecule has 0 unspecified atom stereocenters. The highest BCUT2D eigenvalue weighted by Gasteiger charge is 2.25. The van der Waals surface area contributed by atoms with E-state index in [1.165, 1.54) is 24.9 Å². The first kappa shape index (κ1) is 15.3. The molecule has 1 saturated heterocycles. The molecule has 0 bridgehead atoms. The number of aryl methyl sites for hydroxylation is 1. The van der Waals surface area contributed by atoms with E-state index in [1.807, 2.05) is 24.0 Å². The van der Waals surface area contributed by atoms with Crippen LogP contribution < -0.4 is 0 Å². The van der Waals surface area contributed by atoms with Crippen LogP contribution in [0.2, 0.25) is 0 Å². The van der Waals surface area contributed by atoms with Crippen LogP contribution in [0.5, 0.6) is 0 Å². The highest BCUT2D eigenvalue weighted by Crippen LogP contribution is 2.20. The predicted molar refractivity (Wildman–Crippen MR) is 86.3 cm³/mol. The SMILES string of the molecule is CCN1CCC[C@@H]1CN(Cc1cnn(C)c1)Cc1ccco1. The van der Waals surface area contributed by atoms with Crippen molar-refractivity contribution >= 4 is 0 Å². The average molecular weight is 302 g/mol. The molecule has 3 heterocycles. The number of furan rings is 1. The van der Waals surface area contributed by atoms with Gasteiger partial charge in [-0.3, -0.25) is 14.5 Å². The molecule has 5 nitrogen and oxygen atoms in total. The molecule has 0 N–H and O–H groups in total. The predicted octanol–water partition coefficient (Wildman–Crippen LogP) is 2.50. The Labute approximate surface area is 132 Å². The Morgan fingerprint density at radius 3 is 3.00 bits per heavy atom. The van der Waals surface area contributed by atoms with Crippen LogP contribution in [0.15, 0.2) is 35.2 Å². The normalized spacial score (nSPS) is 19.3. The first-order chi connectivity index (χ1) is 10.7. The van der Waals surface area contributed by atoms with Gasteiger partial charge in [0.2, 0.25) is 0 Å². The molecule has 1 atom stereocenters. The number of rotatable bonds is 7. The zero-order valence-corrected chi connectivity index (χ0v) is 13.6. The molecular weight excluding hydrogens is 276 g/mol. The molecule has 2 aromatic heterocycles. The minimum atomic E-state index is 0.664. The first-order valence-corrected chi connectivity index (χ1v) is 8.21. The standard InChI is InChI=1S/C17H26N4O/c1-3-21-8-4-6-16(21)13-20(14-17-7-5-9-22-17)12-15-10-18-19(2)11-15/h5,7,9-11,16H,3-4,6,8,12-14H2,1-2H3/t16-/m1/s1. The molecule has 120 valence electrons. The summed E-state index contributed by atoms with van der Waals surface area (Å²) in [6.07, 6.45) is 8.43. The summed E-state index contributed by atoms with van der Waals surface area (Å²) in [7, 11) is 1.97. The molecule has 5 heteroatoms. The first-order valence-electron chi connectivity index (χ1n) is 8.21. The minimum absolute atomic E-state index is 0.664. The smallest absolute Gasteiger partial charge is 0.117 e. The third-order valence-electron chi connectivity index (χ3n) is 4.50. The molecule has 1 aliphatic heterocycles. The molecule has 0 amide bonds. The quantitative estimate of drug-likeness (QED) is 0.787. The average Bonchev–Trinajstić information content (AvgIpc) is 3.22. The summed E-state index contributed by atoms with van der Waals surface area (Å²) in [6.45, 7) is 7.51. The second-order valence-electron chi connectivity index (χ2n) is 6.20. The number of likely N-dealkylation sites (N-methyl/N-ethyl adjacent to an activating group) is 1. The van der Waals surface area contributed by atoms with E-state index >= 15 is 0 Å². The van der Waals surface area contributed by atoms with Crippen molar-refractivity contribution in [3.8, 4) is 0 Å². The summed E-state index contributed by atoms with van der Waals surface area (Å²) in [5.74, 6) is 1.03. The van der Waals surface area contributed by atoms with E-state index in [4.69, 9.17) is 4.42 Å². The number of aromatic nitrogens is 2. The van der Waals surface area contributed by atoms with Crippen LogP contribution in [-0.2, 0) is 20.1 Å². The van der Waals surface area contributed by atoms with Gasteiger partial charge >= 0.3 is 0 Å². The number of likely N-dealkylation sites (tertiary alicyclic amines) is 1. The largest absolute Gasteiger partial charge is 0.468 e. The number of nitrogens with zero attached hydrogens (tertiary/aromatic N) is 4. The molecule has 1 aliphatic rings. The lowest BCUT2D eigenvalue weighted by molar-refractivity contribution is 0.158. The van der Waals surface area contributed by atoms with E-state index in [0.717, 1.165) is 31.9 Å². The second-order valence-corrected chi connectivity index (χ2v) is 6.20. The van der Waals surface area contributed by atoms with Gasteiger partial charge < -0.3 is 4.42 Å². The van der Waals surface area contributed by atoms with Crippen LogP contribution >= 0.6 is 0 Å². The highest BCUT2D eigenvalue weighted by molar-refractivity contribution is 5.05. The van der Waals surface area contributed by atoms with Gasteiger partial charge in [-0.15, -0.1) is 0 Å². The van der Waals surface area contributed by atoms with Crippen molar-refractivity contribution in [1.29, 1.82) is 0 Å². The lowest BCUT2D eigenvalue weighted by Gasteiger charge is -2.29. The summed E-state index contributed by atoms with van der Waals surface area (Å²) >= 11 is 0. The Balaban J connectivity index is 1.67. The van der Waals surface area contributed by atoms with E-state index in [2.05, 4.69) is 34.1 Å². The lowest BCUT2D eigenvalue weighted by atomic mass is 10.2. The Bertz CT molecular complexity index is 563. The van der Waals surface area contributed by atoms with Crippen molar-refractivity contribution in [3.63, 3.8) is 0 Å². The molecule has 0 aromatic carbocycles. The summed E-state index contributed by atoms with van der Waals surface area (Å²) in [4.78, 5) is 5.08. The topological polar surface area (TPSA) is 37.4 Å². The Morgan fingerprint density at radius 1 is 1.41 bits per heavy atom. The summed E-state index contributed by atoms with van der Waals surface area (Å²) < 4.78 is 7.42. The van der Waals surface area contributed by atoms with Crippen LogP contribution in [0.1, 0.15) is 31.1 Å². The van der Waals surface area contributed by atoms with Crippen molar-refractivity contribution in [3.05, 3.63) is 42.1 Å². The van der Waals surface area contributed by atoms with Crippen molar-refractivity contribution in [2.24, 2.45) is 7.05 Å². The van der Waals surface area contributed by atoms with Gasteiger partial charge in [-0.1, -0.05) is 6.92 Å². The fraction of sp³-hybridized carbons (Fsp3) is 0.588. The van der Waals surface area contributed by atoms with Gasteiger partial charge in [-0.25, -0.2) is 0 Å². The summed E-state index contributed by atoms with van der Waals surface area (Å²) in [6, 6.07) is 4.69. The van der Waals surface area contributed by atoms with Gasteiger partial charge in [0, 0.05) is 37.9 Å². The maximum Gasteiger partial charge on any atom is 0.117 e. The molecule has 1 fully saturated rings. The fourth-order valence-electron chi connectivity index (χ4n) is 3.44. The van der Waals surface area contributed by atoms with Crippen LogP contribution in [0.25, 0.3) is 0 Å². The van der Waals surface area contributed by atoms with Gasteiger partial charge in [0.1, 0.15) is 5.76 Å². The van der Waals surface area contributed by atoms with Gasteiger partial charge in [0.05, 0.1) is 19.0 Å². The van der Waals surface area contributed by atoms with Gasteiger partial charge in [-0.05, 0) is 38.1 Å².